The fourth-order valence-corrected chi connectivity index (χ4v) is 2.92. The third-order valence-corrected chi connectivity index (χ3v) is 4.64. The average molecular weight is 376 g/mol. The van der Waals surface area contributed by atoms with E-state index in [9.17, 15) is 14.4 Å². The summed E-state index contributed by atoms with van der Waals surface area (Å²) in [5.74, 6) is -3.75. The molecule has 0 saturated carbocycles. The molecule has 1 atom stereocenters. The Labute approximate surface area is 162 Å². The summed E-state index contributed by atoms with van der Waals surface area (Å²) in [5, 5.41) is 0. The van der Waals surface area contributed by atoms with Gasteiger partial charge in [-0.15, -0.1) is 0 Å². The lowest BCUT2D eigenvalue weighted by molar-refractivity contribution is -0.165. The zero-order valence-electron chi connectivity index (χ0n) is 17.3. The molecular weight excluding hydrogens is 344 g/mol. The number of benzene rings is 1. The smallest absolute Gasteiger partial charge is 0.328 e. The van der Waals surface area contributed by atoms with E-state index in [1.54, 1.807) is 20.8 Å². The molecule has 0 spiro atoms. The second-order valence-electron chi connectivity index (χ2n) is 8.06. The molecule has 0 amide bonds. The van der Waals surface area contributed by atoms with E-state index in [2.05, 4.69) is 20.8 Å². The molecule has 0 aliphatic rings. The van der Waals surface area contributed by atoms with Crippen LogP contribution in [0, 0.1) is 11.3 Å². The second-order valence-corrected chi connectivity index (χ2v) is 8.06. The van der Waals surface area contributed by atoms with Gasteiger partial charge < -0.3 is 9.47 Å². The molecule has 0 aromatic heterocycles. The van der Waals surface area contributed by atoms with Crippen molar-refractivity contribution in [2.45, 2.75) is 59.8 Å². The van der Waals surface area contributed by atoms with E-state index < -0.39 is 29.1 Å². The van der Waals surface area contributed by atoms with Crippen molar-refractivity contribution in [3.63, 3.8) is 0 Å². The van der Waals surface area contributed by atoms with Crippen molar-refractivity contribution in [1.82, 2.24) is 0 Å². The zero-order chi connectivity index (χ0) is 20.7. The summed E-state index contributed by atoms with van der Waals surface area (Å²) in [6, 6.07) is 9.28. The Balaban J connectivity index is 3.36. The van der Waals surface area contributed by atoms with Crippen molar-refractivity contribution in [3.8, 4) is 0 Å². The Kier molecular flexibility index (Phi) is 8.20. The van der Waals surface area contributed by atoms with Gasteiger partial charge in [0.2, 0.25) is 5.92 Å². The molecule has 0 N–H and O–H groups in total. The van der Waals surface area contributed by atoms with Crippen LogP contribution in [0.2, 0.25) is 0 Å². The molecule has 27 heavy (non-hydrogen) atoms. The number of hydrogen-bond acceptors (Lipinski definition) is 5. The zero-order valence-corrected chi connectivity index (χ0v) is 17.3. The van der Waals surface area contributed by atoms with E-state index in [1.165, 1.54) is 0 Å². The minimum atomic E-state index is -1.57. The van der Waals surface area contributed by atoms with Crippen LogP contribution in [0.4, 0.5) is 0 Å². The van der Waals surface area contributed by atoms with Gasteiger partial charge in [0.25, 0.3) is 0 Å². The summed E-state index contributed by atoms with van der Waals surface area (Å²) in [4.78, 5) is 38.4. The Morgan fingerprint density at radius 3 is 1.74 bits per heavy atom. The van der Waals surface area contributed by atoms with Gasteiger partial charge >= 0.3 is 11.9 Å². The number of rotatable bonds is 9. The molecule has 0 fully saturated rings. The van der Waals surface area contributed by atoms with Crippen LogP contribution in [0.15, 0.2) is 30.3 Å². The average Bonchev–Trinajstić information content (AvgIpc) is 2.60. The molecule has 0 aliphatic heterocycles. The van der Waals surface area contributed by atoms with Crippen molar-refractivity contribution >= 4 is 17.7 Å². The van der Waals surface area contributed by atoms with E-state index in [0.29, 0.717) is 6.42 Å². The Hall–Kier alpha value is -2.17. The largest absolute Gasteiger partial charge is 0.465 e. The molecule has 0 saturated heterocycles. The van der Waals surface area contributed by atoms with Crippen molar-refractivity contribution < 1.29 is 23.9 Å². The minimum absolute atomic E-state index is 0.000325. The molecule has 150 valence electrons. The summed E-state index contributed by atoms with van der Waals surface area (Å²) in [5.41, 5.74) is -0.226. The van der Waals surface area contributed by atoms with Crippen LogP contribution in [0.1, 0.15) is 59.9 Å². The third-order valence-electron chi connectivity index (χ3n) is 4.64. The minimum Gasteiger partial charge on any atom is -0.465 e. The first kappa shape index (κ1) is 22.9. The monoisotopic (exact) mass is 376 g/mol. The van der Waals surface area contributed by atoms with E-state index in [0.717, 1.165) is 12.0 Å². The number of esters is 2. The summed E-state index contributed by atoms with van der Waals surface area (Å²) < 4.78 is 10.0. The normalized spacial score (nSPS) is 13.7. The van der Waals surface area contributed by atoms with Crippen molar-refractivity contribution in [2.24, 2.45) is 11.3 Å². The molecule has 5 nitrogen and oxygen atoms in total. The lowest BCUT2D eigenvalue weighted by Crippen LogP contribution is -2.46. The predicted octanol–water partition coefficient (Wildman–Crippen LogP) is 4.08. The molecular formula is C22H32O5. The van der Waals surface area contributed by atoms with E-state index in [-0.39, 0.29) is 18.6 Å². The lowest BCUT2D eigenvalue weighted by Gasteiger charge is -2.33. The topological polar surface area (TPSA) is 69.7 Å². The van der Waals surface area contributed by atoms with Crippen molar-refractivity contribution in [1.29, 1.82) is 0 Å². The van der Waals surface area contributed by atoms with Crippen LogP contribution in [-0.2, 0) is 29.3 Å². The van der Waals surface area contributed by atoms with Crippen molar-refractivity contribution in [2.75, 3.05) is 13.2 Å². The van der Waals surface area contributed by atoms with Gasteiger partial charge in [0, 0.05) is 0 Å². The first-order valence-corrected chi connectivity index (χ1v) is 9.50. The summed E-state index contributed by atoms with van der Waals surface area (Å²) in [7, 11) is 0. The summed E-state index contributed by atoms with van der Waals surface area (Å²) >= 11 is 0. The van der Waals surface area contributed by atoms with Gasteiger partial charge in [-0.2, -0.15) is 0 Å². The molecule has 0 bridgehead atoms. The van der Waals surface area contributed by atoms with Crippen LogP contribution in [0.25, 0.3) is 0 Å². The maximum absolute atomic E-state index is 13.5. The van der Waals surface area contributed by atoms with Crippen LogP contribution < -0.4 is 0 Å². The Morgan fingerprint density at radius 2 is 1.33 bits per heavy atom. The van der Waals surface area contributed by atoms with Crippen LogP contribution in [0.5, 0.6) is 0 Å². The molecule has 5 heteroatoms. The van der Waals surface area contributed by atoms with Gasteiger partial charge in [0.1, 0.15) is 0 Å². The predicted molar refractivity (Wildman–Crippen MR) is 104 cm³/mol. The van der Waals surface area contributed by atoms with Crippen LogP contribution in [0.3, 0.4) is 0 Å². The molecule has 1 aromatic rings. The highest BCUT2D eigenvalue weighted by molar-refractivity contribution is 6.18. The van der Waals surface area contributed by atoms with Gasteiger partial charge in [-0.3, -0.25) is 14.4 Å². The van der Waals surface area contributed by atoms with E-state index in [4.69, 9.17) is 9.47 Å². The second kappa shape index (κ2) is 9.67. The number of ether oxygens (including phenoxy) is 2. The van der Waals surface area contributed by atoms with Gasteiger partial charge in [-0.05, 0) is 44.6 Å². The number of carbonyl (C=O) groups excluding carboxylic acids is 3. The van der Waals surface area contributed by atoms with Gasteiger partial charge in [0.05, 0.1) is 18.6 Å². The van der Waals surface area contributed by atoms with E-state index in [1.807, 2.05) is 30.3 Å². The highest BCUT2D eigenvalue weighted by Gasteiger charge is 2.47. The molecule has 0 radical (unpaired) electrons. The van der Waals surface area contributed by atoms with E-state index >= 15 is 0 Å². The first-order chi connectivity index (χ1) is 12.6. The molecule has 1 aromatic carbocycles. The molecule has 1 rings (SSSR count). The number of ketones is 1. The Bertz CT molecular complexity index is 626. The van der Waals surface area contributed by atoms with Crippen LogP contribution >= 0.6 is 0 Å². The Morgan fingerprint density at radius 1 is 0.852 bits per heavy atom. The summed E-state index contributed by atoms with van der Waals surface area (Å²) in [6.07, 6.45) is 1.26. The molecule has 1 unspecified atom stereocenters. The maximum Gasteiger partial charge on any atom is 0.328 e. The fraction of sp³-hybridized carbons (Fsp3) is 0.591. The number of carbonyl (C=O) groups is 3. The van der Waals surface area contributed by atoms with Gasteiger partial charge in [0.15, 0.2) is 5.78 Å². The third kappa shape index (κ3) is 6.19. The molecule has 0 heterocycles. The van der Waals surface area contributed by atoms with Gasteiger partial charge in [-0.25, -0.2) is 0 Å². The maximum atomic E-state index is 13.5. The lowest BCUT2D eigenvalue weighted by atomic mass is 9.69. The standard InChI is InChI=1S/C22H32O5/c1-7-26-19(24)17(20(25)27-8-2)18(23)22(6,15-14-21(3,4)5)16-12-10-9-11-13-16/h9-13,17H,7-8,14-15H2,1-6H3. The highest BCUT2D eigenvalue weighted by Crippen LogP contribution is 2.37. The fourth-order valence-electron chi connectivity index (χ4n) is 2.92. The summed E-state index contributed by atoms with van der Waals surface area (Å²) in [6.45, 7) is 11.5. The van der Waals surface area contributed by atoms with Gasteiger partial charge in [-0.1, -0.05) is 51.1 Å². The first-order valence-electron chi connectivity index (χ1n) is 9.50. The van der Waals surface area contributed by atoms with Crippen LogP contribution in [-0.4, -0.2) is 30.9 Å². The number of Topliss-reactive ketones (excluding diaryl/α,β-unsaturated/α-hetero) is 1. The SMILES string of the molecule is CCOC(=O)C(C(=O)OCC)C(=O)C(C)(CCC(C)(C)C)c1ccccc1. The van der Waals surface area contributed by atoms with Crippen molar-refractivity contribution in [3.05, 3.63) is 35.9 Å². The highest BCUT2D eigenvalue weighted by atomic mass is 16.6. The number of hydrogen-bond donors (Lipinski definition) is 0. The quantitative estimate of drug-likeness (QED) is 0.480. The molecule has 0 aliphatic carbocycles.